The molecule has 5 nitrogen and oxygen atoms in total. The first-order chi connectivity index (χ1) is 11.9. The Morgan fingerprint density at radius 1 is 1.12 bits per heavy atom. The van der Waals surface area contributed by atoms with Crippen LogP contribution in [0, 0.1) is 5.82 Å². The fraction of sp³-hybridized carbons (Fsp3) is 0.176. The van der Waals surface area contributed by atoms with Crippen molar-refractivity contribution in [3.63, 3.8) is 0 Å². The van der Waals surface area contributed by atoms with E-state index < -0.39 is 15.7 Å². The number of sulfone groups is 1. The number of amides is 1. The van der Waals surface area contributed by atoms with Gasteiger partial charge in [0, 0.05) is 6.42 Å². The summed E-state index contributed by atoms with van der Waals surface area (Å²) in [4.78, 5) is 16.3. The predicted octanol–water partition coefficient (Wildman–Crippen LogP) is 3.63. The molecular weight excluding hydrogens is 363 g/mol. The highest BCUT2D eigenvalue weighted by atomic mass is 32.2. The van der Waals surface area contributed by atoms with E-state index >= 15 is 0 Å². The Morgan fingerprint density at radius 2 is 1.84 bits per heavy atom. The normalized spacial score (nSPS) is 11.6. The van der Waals surface area contributed by atoms with Gasteiger partial charge in [0.1, 0.15) is 5.82 Å². The van der Waals surface area contributed by atoms with Gasteiger partial charge in [0.15, 0.2) is 15.0 Å². The number of hydrogen-bond acceptors (Lipinski definition) is 5. The largest absolute Gasteiger partial charge is 0.302 e. The Hall–Kier alpha value is -2.32. The molecule has 0 unspecified atom stereocenters. The van der Waals surface area contributed by atoms with Crippen LogP contribution in [0.4, 0.5) is 9.52 Å². The number of hydrogen-bond donors (Lipinski definition) is 1. The molecule has 3 rings (SSSR count). The molecule has 0 spiro atoms. The van der Waals surface area contributed by atoms with Gasteiger partial charge in [-0.05, 0) is 42.8 Å². The highest BCUT2D eigenvalue weighted by molar-refractivity contribution is 7.91. The number of carbonyl (C=O) groups is 1. The van der Waals surface area contributed by atoms with Crippen LogP contribution in [-0.2, 0) is 14.6 Å². The second-order valence-corrected chi connectivity index (χ2v) is 8.55. The third-order valence-electron chi connectivity index (χ3n) is 3.53. The van der Waals surface area contributed by atoms with Crippen LogP contribution >= 0.6 is 11.3 Å². The number of nitrogens with one attached hydrogen (secondary N) is 1. The number of carbonyl (C=O) groups excluding carboxylic acids is 1. The third kappa shape index (κ3) is 4.40. The summed E-state index contributed by atoms with van der Waals surface area (Å²) in [6.07, 6.45) is 0.243. The molecule has 1 N–H and O–H groups in total. The van der Waals surface area contributed by atoms with Gasteiger partial charge in [-0.15, -0.1) is 0 Å². The molecule has 25 heavy (non-hydrogen) atoms. The van der Waals surface area contributed by atoms with Gasteiger partial charge in [-0.2, -0.15) is 0 Å². The molecule has 0 radical (unpaired) electrons. The molecule has 1 amide bonds. The summed E-state index contributed by atoms with van der Waals surface area (Å²) in [7, 11) is -3.53. The van der Waals surface area contributed by atoms with E-state index in [2.05, 4.69) is 10.3 Å². The molecule has 1 heterocycles. The van der Waals surface area contributed by atoms with E-state index in [4.69, 9.17) is 0 Å². The topological polar surface area (TPSA) is 76.1 Å². The van der Waals surface area contributed by atoms with Crippen LogP contribution in [0.2, 0.25) is 0 Å². The standard InChI is InChI=1S/C17H15FN2O3S2/c18-12-7-9-13(10-8-12)25(22,23)11-3-6-16(21)20-17-19-14-4-1-2-5-15(14)24-17/h1-2,4-5,7-10H,3,6,11H2,(H,19,20,21). The Morgan fingerprint density at radius 3 is 2.56 bits per heavy atom. The van der Waals surface area contributed by atoms with E-state index in [1.54, 1.807) is 0 Å². The lowest BCUT2D eigenvalue weighted by Crippen LogP contribution is -2.14. The van der Waals surface area contributed by atoms with Crippen molar-refractivity contribution in [3.05, 3.63) is 54.3 Å². The Bertz CT molecular complexity index is 965. The van der Waals surface area contributed by atoms with E-state index in [0.29, 0.717) is 5.13 Å². The van der Waals surface area contributed by atoms with E-state index in [1.165, 1.54) is 23.5 Å². The van der Waals surface area contributed by atoms with E-state index in [9.17, 15) is 17.6 Å². The van der Waals surface area contributed by atoms with Crippen LogP contribution in [0.25, 0.3) is 10.2 Å². The van der Waals surface area contributed by atoms with Crippen LogP contribution in [0.5, 0.6) is 0 Å². The fourth-order valence-corrected chi connectivity index (χ4v) is 4.48. The molecule has 0 fully saturated rings. The molecule has 0 saturated heterocycles. The zero-order valence-corrected chi connectivity index (χ0v) is 14.7. The summed E-state index contributed by atoms with van der Waals surface area (Å²) in [6.45, 7) is 0. The first-order valence-corrected chi connectivity index (χ1v) is 10.0. The molecule has 0 bridgehead atoms. The first-order valence-electron chi connectivity index (χ1n) is 7.58. The van der Waals surface area contributed by atoms with Crippen molar-refractivity contribution in [1.82, 2.24) is 4.98 Å². The minimum absolute atomic E-state index is 0.0560. The summed E-state index contributed by atoms with van der Waals surface area (Å²) in [5.74, 6) is -0.950. The number of aromatic nitrogens is 1. The smallest absolute Gasteiger partial charge is 0.226 e. The number of fused-ring (bicyclic) bond motifs is 1. The van der Waals surface area contributed by atoms with Gasteiger partial charge in [-0.1, -0.05) is 23.5 Å². The van der Waals surface area contributed by atoms with Gasteiger partial charge in [0.2, 0.25) is 5.91 Å². The number of thiazole rings is 1. The minimum atomic E-state index is -3.53. The molecule has 8 heteroatoms. The molecule has 0 aliphatic carbocycles. The average molecular weight is 378 g/mol. The SMILES string of the molecule is O=C(CCCS(=O)(=O)c1ccc(F)cc1)Nc1nc2ccccc2s1. The van der Waals surface area contributed by atoms with Crippen LogP contribution < -0.4 is 5.32 Å². The summed E-state index contributed by atoms with van der Waals surface area (Å²) < 4.78 is 38.1. The van der Waals surface area contributed by atoms with E-state index in [-0.39, 0.29) is 29.4 Å². The van der Waals surface area contributed by atoms with Crippen molar-refractivity contribution < 1.29 is 17.6 Å². The van der Waals surface area contributed by atoms with Crippen LogP contribution in [0.15, 0.2) is 53.4 Å². The van der Waals surface area contributed by atoms with E-state index in [1.807, 2.05) is 24.3 Å². The lowest BCUT2D eigenvalue weighted by atomic mass is 10.3. The highest BCUT2D eigenvalue weighted by Gasteiger charge is 2.15. The summed E-state index contributed by atoms with van der Waals surface area (Å²) in [5.41, 5.74) is 0.807. The van der Waals surface area contributed by atoms with Crippen LogP contribution in [0.1, 0.15) is 12.8 Å². The third-order valence-corrected chi connectivity index (χ3v) is 6.30. The Labute approximate surface area is 148 Å². The number of para-hydroxylation sites is 1. The molecule has 3 aromatic rings. The summed E-state index contributed by atoms with van der Waals surface area (Å²) in [6, 6.07) is 12.2. The minimum Gasteiger partial charge on any atom is -0.302 e. The maximum atomic E-state index is 12.9. The van der Waals surface area contributed by atoms with Crippen molar-refractivity contribution in [2.24, 2.45) is 0 Å². The summed E-state index contributed by atoms with van der Waals surface area (Å²) >= 11 is 1.37. The van der Waals surface area contributed by atoms with Gasteiger partial charge in [0.05, 0.1) is 20.9 Å². The van der Waals surface area contributed by atoms with Gasteiger partial charge >= 0.3 is 0 Å². The van der Waals surface area contributed by atoms with E-state index in [0.717, 1.165) is 22.3 Å². The molecule has 0 saturated carbocycles. The number of rotatable bonds is 6. The maximum absolute atomic E-state index is 12.9. The molecule has 0 atom stereocenters. The lowest BCUT2D eigenvalue weighted by molar-refractivity contribution is -0.116. The maximum Gasteiger partial charge on any atom is 0.226 e. The molecule has 0 aliphatic rings. The van der Waals surface area contributed by atoms with Crippen molar-refractivity contribution in [2.75, 3.05) is 11.1 Å². The number of benzene rings is 2. The number of halogens is 1. The number of nitrogens with zero attached hydrogens (tertiary/aromatic N) is 1. The van der Waals surface area contributed by atoms with Gasteiger partial charge in [-0.3, -0.25) is 4.79 Å². The molecule has 2 aromatic carbocycles. The quantitative estimate of drug-likeness (QED) is 0.665. The summed E-state index contributed by atoms with van der Waals surface area (Å²) in [5, 5.41) is 3.18. The van der Waals surface area contributed by atoms with Crippen LogP contribution in [-0.4, -0.2) is 25.1 Å². The van der Waals surface area contributed by atoms with Gasteiger partial charge in [0.25, 0.3) is 0 Å². The number of anilines is 1. The predicted molar refractivity (Wildman–Crippen MR) is 95.9 cm³/mol. The van der Waals surface area contributed by atoms with Crippen molar-refractivity contribution >= 4 is 42.4 Å². The van der Waals surface area contributed by atoms with Crippen LogP contribution in [0.3, 0.4) is 0 Å². The molecule has 1 aromatic heterocycles. The highest BCUT2D eigenvalue weighted by Crippen LogP contribution is 2.25. The molecular formula is C17H15FN2O3S2. The Balaban J connectivity index is 1.54. The van der Waals surface area contributed by atoms with Crippen molar-refractivity contribution in [3.8, 4) is 0 Å². The van der Waals surface area contributed by atoms with Gasteiger partial charge in [-0.25, -0.2) is 17.8 Å². The molecule has 130 valence electrons. The second-order valence-electron chi connectivity index (χ2n) is 5.41. The monoisotopic (exact) mass is 378 g/mol. The fourth-order valence-electron chi connectivity index (χ4n) is 2.29. The lowest BCUT2D eigenvalue weighted by Gasteiger charge is -2.04. The molecule has 0 aliphatic heterocycles. The van der Waals surface area contributed by atoms with Gasteiger partial charge < -0.3 is 5.32 Å². The van der Waals surface area contributed by atoms with Crippen molar-refractivity contribution in [2.45, 2.75) is 17.7 Å². The zero-order valence-electron chi connectivity index (χ0n) is 13.1. The second kappa shape index (κ2) is 7.28. The Kier molecular flexibility index (Phi) is 5.10. The average Bonchev–Trinajstić information content (AvgIpc) is 2.97. The first kappa shape index (κ1) is 17.5. The van der Waals surface area contributed by atoms with Crippen molar-refractivity contribution in [1.29, 1.82) is 0 Å². The zero-order chi connectivity index (χ0) is 17.9.